The number of anilines is 1. The van der Waals surface area contributed by atoms with Crippen molar-refractivity contribution in [3.63, 3.8) is 0 Å². The van der Waals surface area contributed by atoms with Crippen molar-refractivity contribution < 1.29 is 9.59 Å². The highest BCUT2D eigenvalue weighted by atomic mass is 16.2. The highest BCUT2D eigenvalue weighted by Crippen LogP contribution is 2.24. The number of benzene rings is 1. The summed E-state index contributed by atoms with van der Waals surface area (Å²) in [6.45, 7) is 5.39. The Morgan fingerprint density at radius 2 is 2.05 bits per heavy atom. The minimum Gasteiger partial charge on any atom is -0.356 e. The molecule has 1 aliphatic rings. The van der Waals surface area contributed by atoms with Crippen molar-refractivity contribution in [2.75, 3.05) is 18.0 Å². The van der Waals surface area contributed by atoms with Gasteiger partial charge in [-0.25, -0.2) is 0 Å². The van der Waals surface area contributed by atoms with Crippen molar-refractivity contribution in [1.82, 2.24) is 5.32 Å². The molecule has 0 aromatic heterocycles. The van der Waals surface area contributed by atoms with Gasteiger partial charge in [-0.15, -0.1) is 0 Å². The summed E-state index contributed by atoms with van der Waals surface area (Å²) < 4.78 is 0. The van der Waals surface area contributed by atoms with Crippen LogP contribution in [0.15, 0.2) is 24.3 Å². The monoisotopic (exact) mass is 288 g/mol. The number of rotatable bonds is 6. The lowest BCUT2D eigenvalue weighted by Crippen LogP contribution is -2.31. The Kier molecular flexibility index (Phi) is 5.37. The molecule has 1 N–H and O–H groups in total. The molecule has 2 rings (SSSR count). The van der Waals surface area contributed by atoms with Gasteiger partial charge in [-0.1, -0.05) is 31.0 Å². The summed E-state index contributed by atoms with van der Waals surface area (Å²) in [6, 6.07) is 8.00. The topological polar surface area (TPSA) is 49.4 Å². The molecule has 21 heavy (non-hydrogen) atoms. The molecule has 2 amide bonds. The first kappa shape index (κ1) is 15.5. The molecule has 1 heterocycles. The van der Waals surface area contributed by atoms with Gasteiger partial charge in [0.2, 0.25) is 11.8 Å². The number of unbranched alkanes of at least 4 members (excludes halogenated alkanes) is 1. The molecule has 1 unspecified atom stereocenters. The summed E-state index contributed by atoms with van der Waals surface area (Å²) in [4.78, 5) is 25.5. The smallest absolute Gasteiger partial charge is 0.227 e. The first-order valence-electron chi connectivity index (χ1n) is 7.74. The molecule has 1 saturated heterocycles. The Balaban J connectivity index is 1.85. The zero-order valence-corrected chi connectivity index (χ0v) is 12.9. The van der Waals surface area contributed by atoms with E-state index in [-0.39, 0.29) is 17.7 Å². The van der Waals surface area contributed by atoms with Crippen molar-refractivity contribution in [2.45, 2.75) is 39.5 Å². The second-order valence-corrected chi connectivity index (χ2v) is 5.82. The van der Waals surface area contributed by atoms with Crippen molar-refractivity contribution in [1.29, 1.82) is 0 Å². The lowest BCUT2D eigenvalue weighted by atomic mass is 10.1. The van der Waals surface area contributed by atoms with Crippen LogP contribution < -0.4 is 10.2 Å². The first-order valence-corrected chi connectivity index (χ1v) is 7.74. The molecule has 0 radical (unpaired) electrons. The van der Waals surface area contributed by atoms with Gasteiger partial charge < -0.3 is 10.2 Å². The number of hydrogen-bond acceptors (Lipinski definition) is 2. The average Bonchev–Trinajstić information content (AvgIpc) is 2.85. The van der Waals surface area contributed by atoms with Crippen LogP contribution in [0.5, 0.6) is 0 Å². The fraction of sp³-hybridized carbons (Fsp3) is 0.529. The number of amides is 2. The Morgan fingerprint density at radius 1 is 1.33 bits per heavy atom. The van der Waals surface area contributed by atoms with E-state index in [9.17, 15) is 9.59 Å². The molecule has 0 spiro atoms. The normalized spacial score (nSPS) is 18.1. The third-order valence-electron chi connectivity index (χ3n) is 3.90. The summed E-state index contributed by atoms with van der Waals surface area (Å²) in [5.41, 5.74) is 2.13. The Hall–Kier alpha value is -1.84. The van der Waals surface area contributed by atoms with Crippen molar-refractivity contribution in [3.8, 4) is 0 Å². The minimum absolute atomic E-state index is 0.0954. The molecular formula is C17H24N2O2. The van der Waals surface area contributed by atoms with E-state index in [0.29, 0.717) is 25.9 Å². The molecule has 1 aromatic rings. The van der Waals surface area contributed by atoms with Crippen LogP contribution >= 0.6 is 0 Å². The maximum atomic E-state index is 12.1. The number of hydrogen-bond donors (Lipinski definition) is 1. The SMILES string of the molecule is CCCCC(=O)NCC1CC(=O)N(c2ccc(C)cc2)C1. The van der Waals surface area contributed by atoms with E-state index in [1.807, 2.05) is 36.1 Å². The zero-order valence-electron chi connectivity index (χ0n) is 12.9. The largest absolute Gasteiger partial charge is 0.356 e. The molecule has 4 nitrogen and oxygen atoms in total. The second kappa shape index (κ2) is 7.25. The second-order valence-electron chi connectivity index (χ2n) is 5.82. The van der Waals surface area contributed by atoms with E-state index in [0.717, 1.165) is 18.5 Å². The van der Waals surface area contributed by atoms with E-state index in [1.165, 1.54) is 5.56 Å². The first-order chi connectivity index (χ1) is 10.1. The predicted molar refractivity (Wildman–Crippen MR) is 84.2 cm³/mol. The fourth-order valence-electron chi connectivity index (χ4n) is 2.58. The van der Waals surface area contributed by atoms with Gasteiger partial charge >= 0.3 is 0 Å². The van der Waals surface area contributed by atoms with Gasteiger partial charge in [0.15, 0.2) is 0 Å². The lowest BCUT2D eigenvalue weighted by Gasteiger charge is -2.17. The Morgan fingerprint density at radius 3 is 2.71 bits per heavy atom. The number of nitrogens with one attached hydrogen (secondary N) is 1. The molecule has 1 fully saturated rings. The third-order valence-corrected chi connectivity index (χ3v) is 3.90. The van der Waals surface area contributed by atoms with Gasteiger partial charge in [-0.05, 0) is 25.5 Å². The molecular weight excluding hydrogens is 264 g/mol. The van der Waals surface area contributed by atoms with Gasteiger partial charge in [0.1, 0.15) is 0 Å². The van der Waals surface area contributed by atoms with Gasteiger partial charge in [0.05, 0.1) is 0 Å². The van der Waals surface area contributed by atoms with Crippen LogP contribution in [0.4, 0.5) is 5.69 Å². The molecule has 114 valence electrons. The third kappa shape index (κ3) is 4.31. The lowest BCUT2D eigenvalue weighted by molar-refractivity contribution is -0.121. The van der Waals surface area contributed by atoms with E-state index >= 15 is 0 Å². The van der Waals surface area contributed by atoms with Crippen molar-refractivity contribution in [2.24, 2.45) is 5.92 Å². The Bertz CT molecular complexity index is 496. The fourth-order valence-corrected chi connectivity index (χ4v) is 2.58. The predicted octanol–water partition coefficient (Wildman–Crippen LogP) is 2.65. The van der Waals surface area contributed by atoms with E-state index in [4.69, 9.17) is 0 Å². The summed E-state index contributed by atoms with van der Waals surface area (Å²) in [5, 5.41) is 2.94. The van der Waals surface area contributed by atoms with Crippen LogP contribution in [0.2, 0.25) is 0 Å². The van der Waals surface area contributed by atoms with Gasteiger partial charge in [-0.2, -0.15) is 0 Å². The van der Waals surface area contributed by atoms with Gasteiger partial charge in [-0.3, -0.25) is 9.59 Å². The minimum atomic E-state index is 0.0954. The van der Waals surface area contributed by atoms with Gasteiger partial charge in [0, 0.05) is 37.5 Å². The quantitative estimate of drug-likeness (QED) is 0.875. The van der Waals surface area contributed by atoms with Gasteiger partial charge in [0.25, 0.3) is 0 Å². The zero-order chi connectivity index (χ0) is 15.2. The highest BCUT2D eigenvalue weighted by Gasteiger charge is 2.30. The van der Waals surface area contributed by atoms with Crippen LogP contribution in [-0.2, 0) is 9.59 Å². The van der Waals surface area contributed by atoms with Crippen LogP contribution in [0.1, 0.15) is 38.2 Å². The Labute approximate surface area is 126 Å². The molecule has 4 heteroatoms. The molecule has 1 aliphatic heterocycles. The molecule has 0 bridgehead atoms. The highest BCUT2D eigenvalue weighted by molar-refractivity contribution is 5.95. The van der Waals surface area contributed by atoms with E-state index in [1.54, 1.807) is 0 Å². The molecule has 0 aliphatic carbocycles. The number of carbonyl (C=O) groups excluding carboxylic acids is 2. The summed E-state index contributed by atoms with van der Waals surface area (Å²) in [6.07, 6.45) is 3.04. The number of aryl methyl sites for hydroxylation is 1. The maximum Gasteiger partial charge on any atom is 0.227 e. The number of carbonyl (C=O) groups is 2. The van der Waals surface area contributed by atoms with E-state index in [2.05, 4.69) is 12.2 Å². The van der Waals surface area contributed by atoms with Crippen LogP contribution in [-0.4, -0.2) is 24.9 Å². The summed E-state index contributed by atoms with van der Waals surface area (Å²) in [7, 11) is 0. The standard InChI is InChI=1S/C17H24N2O2/c1-3-4-5-16(20)18-11-14-10-17(21)19(12-14)15-8-6-13(2)7-9-15/h6-9,14H,3-5,10-12H2,1-2H3,(H,18,20). The van der Waals surface area contributed by atoms with Crippen LogP contribution in [0, 0.1) is 12.8 Å². The maximum absolute atomic E-state index is 12.1. The molecule has 0 saturated carbocycles. The number of nitrogens with zero attached hydrogens (tertiary/aromatic N) is 1. The van der Waals surface area contributed by atoms with Crippen LogP contribution in [0.25, 0.3) is 0 Å². The van der Waals surface area contributed by atoms with Crippen molar-refractivity contribution >= 4 is 17.5 Å². The summed E-state index contributed by atoms with van der Waals surface area (Å²) in [5.74, 6) is 0.453. The average molecular weight is 288 g/mol. The van der Waals surface area contributed by atoms with E-state index < -0.39 is 0 Å². The summed E-state index contributed by atoms with van der Waals surface area (Å²) >= 11 is 0. The molecule has 1 aromatic carbocycles. The molecule has 1 atom stereocenters. The van der Waals surface area contributed by atoms with Crippen molar-refractivity contribution in [3.05, 3.63) is 29.8 Å². The van der Waals surface area contributed by atoms with Crippen LogP contribution in [0.3, 0.4) is 0 Å².